The summed E-state index contributed by atoms with van der Waals surface area (Å²) in [6.07, 6.45) is 7.82. The van der Waals surface area contributed by atoms with Crippen LogP contribution in [0.15, 0.2) is 12.2 Å². The van der Waals surface area contributed by atoms with Crippen LogP contribution in [0.5, 0.6) is 0 Å². The summed E-state index contributed by atoms with van der Waals surface area (Å²) in [5.74, 6) is 1.21. The monoisotopic (exact) mass is 420 g/mol. The van der Waals surface area contributed by atoms with E-state index in [0.717, 1.165) is 17.9 Å². The lowest BCUT2D eigenvalue weighted by Gasteiger charge is -2.22. The molecule has 148 valence electrons. The molecule has 1 heterocycles. The van der Waals surface area contributed by atoms with Gasteiger partial charge in [0.1, 0.15) is 12.1 Å². The van der Waals surface area contributed by atoms with Crippen LogP contribution in [-0.2, 0) is 19.1 Å². The molecule has 3 atom stereocenters. The number of hydrogen-bond donors (Lipinski definition) is 2. The number of allylic oxidation sites excluding steroid dienone is 2. The molecule has 1 aliphatic heterocycles. The van der Waals surface area contributed by atoms with Crippen molar-refractivity contribution in [2.24, 2.45) is 5.92 Å². The average molecular weight is 421 g/mol. The molecule has 0 bridgehead atoms. The fourth-order valence-corrected chi connectivity index (χ4v) is 4.93. The second kappa shape index (κ2) is 13.4. The summed E-state index contributed by atoms with van der Waals surface area (Å²) in [6, 6.07) is -1.38. The Bertz CT molecular complexity index is 502. The molecule has 0 spiro atoms. The number of nitrogens with one attached hydrogen (secondary N) is 2. The number of ether oxygens (including phenoxy) is 1. The zero-order valence-corrected chi connectivity index (χ0v) is 17.9. The molecule has 0 aromatic carbocycles. The van der Waals surface area contributed by atoms with E-state index in [1.54, 1.807) is 22.6 Å². The smallest absolute Gasteiger partial charge is 0.329 e. The van der Waals surface area contributed by atoms with Crippen LogP contribution < -0.4 is 10.6 Å². The van der Waals surface area contributed by atoms with Gasteiger partial charge in [0.25, 0.3) is 0 Å². The highest BCUT2D eigenvalue weighted by molar-refractivity contribution is 8.76. The Morgan fingerprint density at radius 2 is 2.12 bits per heavy atom. The molecule has 0 radical (unpaired) electrons. The van der Waals surface area contributed by atoms with Gasteiger partial charge in [-0.25, -0.2) is 4.79 Å². The number of thioether (sulfide) groups is 1. The predicted molar refractivity (Wildman–Crippen MR) is 111 cm³/mol. The Hall–Kier alpha value is -0.800. The van der Waals surface area contributed by atoms with Gasteiger partial charge in [-0.1, -0.05) is 40.7 Å². The fraction of sp³-hybridized carbons (Fsp3) is 0.706. The Kier molecular flexibility index (Phi) is 12.0. The lowest BCUT2D eigenvalue weighted by molar-refractivity contribution is -0.144. The summed E-state index contributed by atoms with van der Waals surface area (Å²) in [5.41, 5.74) is 0. The van der Waals surface area contributed by atoms with E-state index in [4.69, 9.17) is 4.74 Å². The fourth-order valence-electron chi connectivity index (χ4n) is 2.32. The Labute approximate surface area is 167 Å². The minimum atomic E-state index is -0.724. The molecule has 26 heavy (non-hydrogen) atoms. The van der Waals surface area contributed by atoms with Crippen LogP contribution in [0.4, 0.5) is 0 Å². The van der Waals surface area contributed by atoms with Crippen molar-refractivity contribution < 1.29 is 19.1 Å². The van der Waals surface area contributed by atoms with E-state index in [1.165, 1.54) is 17.9 Å². The molecule has 2 amide bonds. The van der Waals surface area contributed by atoms with Gasteiger partial charge in [-0.05, 0) is 30.8 Å². The van der Waals surface area contributed by atoms with Crippen molar-refractivity contribution in [2.45, 2.75) is 38.3 Å². The van der Waals surface area contributed by atoms with Gasteiger partial charge in [0.15, 0.2) is 0 Å². The predicted octanol–water partition coefficient (Wildman–Crippen LogP) is 2.25. The average Bonchev–Trinajstić information content (AvgIpc) is 2.61. The molecule has 1 unspecified atom stereocenters. The van der Waals surface area contributed by atoms with Gasteiger partial charge in [0.2, 0.25) is 11.8 Å². The van der Waals surface area contributed by atoms with Gasteiger partial charge in [0.05, 0.1) is 7.11 Å². The first-order valence-electron chi connectivity index (χ1n) is 8.55. The van der Waals surface area contributed by atoms with Crippen molar-refractivity contribution in [3.8, 4) is 0 Å². The number of carbonyl (C=O) groups excluding carboxylic acids is 3. The van der Waals surface area contributed by atoms with Crippen LogP contribution in [0.3, 0.4) is 0 Å². The number of rotatable bonds is 4. The van der Waals surface area contributed by atoms with Crippen molar-refractivity contribution >= 4 is 51.1 Å². The minimum absolute atomic E-state index is 0.116. The normalized spacial score (nSPS) is 27.4. The first kappa shape index (κ1) is 23.2. The first-order chi connectivity index (χ1) is 12.5. The van der Waals surface area contributed by atoms with E-state index in [2.05, 4.69) is 16.7 Å². The minimum Gasteiger partial charge on any atom is -0.467 e. The zero-order chi connectivity index (χ0) is 19.4. The molecule has 2 N–H and O–H groups in total. The summed E-state index contributed by atoms with van der Waals surface area (Å²) in [4.78, 5) is 36.9. The summed E-state index contributed by atoms with van der Waals surface area (Å²) >= 11 is 1.61. The van der Waals surface area contributed by atoms with Crippen LogP contribution in [-0.4, -0.2) is 60.5 Å². The molecule has 0 fully saturated rings. The quantitative estimate of drug-likeness (QED) is 0.410. The molecule has 0 aliphatic carbocycles. The maximum atomic E-state index is 12.6. The van der Waals surface area contributed by atoms with E-state index >= 15 is 0 Å². The van der Waals surface area contributed by atoms with Gasteiger partial charge >= 0.3 is 5.97 Å². The molecule has 0 aromatic rings. The van der Waals surface area contributed by atoms with Crippen molar-refractivity contribution in [2.75, 3.05) is 30.6 Å². The molecule has 0 aromatic heterocycles. The lowest BCUT2D eigenvalue weighted by atomic mass is 10.1. The van der Waals surface area contributed by atoms with Crippen LogP contribution in [0.25, 0.3) is 0 Å². The third-order valence-electron chi connectivity index (χ3n) is 3.72. The molecule has 1 aliphatic rings. The first-order valence-corrected chi connectivity index (χ1v) is 12.4. The van der Waals surface area contributed by atoms with Gasteiger partial charge in [0, 0.05) is 17.9 Å². The maximum Gasteiger partial charge on any atom is 0.329 e. The maximum absolute atomic E-state index is 12.6. The molecule has 6 nitrogen and oxygen atoms in total. The summed E-state index contributed by atoms with van der Waals surface area (Å²) in [7, 11) is 4.50. The topological polar surface area (TPSA) is 84.5 Å². The third-order valence-corrected chi connectivity index (χ3v) is 6.81. The largest absolute Gasteiger partial charge is 0.467 e. The molecule has 0 saturated heterocycles. The molecule has 9 heteroatoms. The summed E-state index contributed by atoms with van der Waals surface area (Å²) in [5, 5.41) is 5.56. The lowest BCUT2D eigenvalue weighted by Crippen LogP contribution is -2.52. The highest BCUT2D eigenvalue weighted by Gasteiger charge is 2.27. The van der Waals surface area contributed by atoms with Crippen LogP contribution in [0, 0.1) is 5.92 Å². The SMILES string of the molecule is COC(=O)[C@H]1CSSCC/C=C/C(C)CC(=O)N[C@H](CCSC)C(=O)N1. The number of hydrogen-bond acceptors (Lipinski definition) is 7. The summed E-state index contributed by atoms with van der Waals surface area (Å²) < 4.78 is 4.80. The zero-order valence-electron chi connectivity index (χ0n) is 15.5. The van der Waals surface area contributed by atoms with Crippen molar-refractivity contribution in [1.29, 1.82) is 0 Å². The molecule has 1 rings (SSSR count). The number of methoxy groups -OCH3 is 1. The van der Waals surface area contributed by atoms with E-state index in [9.17, 15) is 14.4 Å². The van der Waals surface area contributed by atoms with Gasteiger partial charge in [-0.2, -0.15) is 11.8 Å². The summed E-state index contributed by atoms with van der Waals surface area (Å²) in [6.45, 7) is 1.99. The van der Waals surface area contributed by atoms with E-state index in [-0.39, 0.29) is 17.7 Å². The second-order valence-corrected chi connectivity index (χ2v) is 9.60. The second-order valence-electron chi connectivity index (χ2n) is 5.99. The standard InChI is InChI=1S/C17H28N2O4S3/c1-12-6-4-5-8-25-26-11-14(17(22)23-2)19-16(21)13(7-9-24-3)18-15(20)10-12/h4,6,12-14H,5,7-11H2,1-3H3,(H,18,20)(H,19,21)/b6-4+/t12?,13-,14-/m1/s1. The van der Waals surface area contributed by atoms with Gasteiger partial charge < -0.3 is 15.4 Å². The van der Waals surface area contributed by atoms with Crippen LogP contribution in [0.2, 0.25) is 0 Å². The van der Waals surface area contributed by atoms with E-state index in [1.807, 2.05) is 19.3 Å². The molecule has 0 saturated carbocycles. The Morgan fingerprint density at radius 3 is 2.81 bits per heavy atom. The van der Waals surface area contributed by atoms with Crippen molar-refractivity contribution in [3.63, 3.8) is 0 Å². The van der Waals surface area contributed by atoms with Crippen molar-refractivity contribution in [1.82, 2.24) is 10.6 Å². The Morgan fingerprint density at radius 1 is 1.35 bits per heavy atom. The van der Waals surface area contributed by atoms with E-state index < -0.39 is 18.1 Å². The van der Waals surface area contributed by atoms with E-state index in [0.29, 0.717) is 18.6 Å². The van der Waals surface area contributed by atoms with Crippen molar-refractivity contribution in [3.05, 3.63) is 12.2 Å². The Balaban J connectivity index is 2.89. The molecular weight excluding hydrogens is 392 g/mol. The van der Waals surface area contributed by atoms with Gasteiger partial charge in [-0.15, -0.1) is 0 Å². The molecular formula is C17H28N2O4S3. The van der Waals surface area contributed by atoms with Crippen LogP contribution in [0.1, 0.15) is 26.2 Å². The van der Waals surface area contributed by atoms with Crippen LogP contribution >= 0.6 is 33.3 Å². The number of esters is 1. The highest BCUT2D eigenvalue weighted by atomic mass is 33.1. The highest BCUT2D eigenvalue weighted by Crippen LogP contribution is 2.23. The van der Waals surface area contributed by atoms with Gasteiger partial charge in [-0.3, -0.25) is 9.59 Å². The number of carbonyl (C=O) groups is 3. The number of amides is 2. The third kappa shape index (κ3) is 9.23.